The van der Waals surface area contributed by atoms with Crippen molar-refractivity contribution in [1.29, 1.82) is 0 Å². The summed E-state index contributed by atoms with van der Waals surface area (Å²) in [6.45, 7) is 10.8. The van der Waals surface area contributed by atoms with Crippen LogP contribution in [-0.4, -0.2) is 31.1 Å². The van der Waals surface area contributed by atoms with E-state index in [1.54, 1.807) is 0 Å². The summed E-state index contributed by atoms with van der Waals surface area (Å²) in [7, 11) is 0. The average Bonchev–Trinajstić information content (AvgIpc) is 2.40. The zero-order valence-corrected chi connectivity index (χ0v) is 12.9. The maximum Gasteiger partial charge on any atom is 0.242 e. The van der Waals surface area contributed by atoms with Gasteiger partial charge in [-0.3, -0.25) is 4.79 Å². The molecule has 1 saturated heterocycles. The SMILES string of the molecule is Cc1ccc(N2CCNC(=O)C2C)c(CNC(C)C)c1. The van der Waals surface area contributed by atoms with Crippen molar-refractivity contribution in [3.63, 3.8) is 0 Å². The highest BCUT2D eigenvalue weighted by Gasteiger charge is 2.26. The predicted octanol–water partition coefficient (Wildman–Crippen LogP) is 1.82. The number of amides is 1. The van der Waals surface area contributed by atoms with Gasteiger partial charge in [-0.05, 0) is 25.5 Å². The third-order valence-corrected chi connectivity index (χ3v) is 3.74. The summed E-state index contributed by atoms with van der Waals surface area (Å²) in [5.74, 6) is 0.111. The third-order valence-electron chi connectivity index (χ3n) is 3.74. The lowest BCUT2D eigenvalue weighted by molar-refractivity contribution is -0.122. The molecule has 0 radical (unpaired) electrons. The molecule has 1 aromatic rings. The van der Waals surface area contributed by atoms with Gasteiger partial charge in [0.05, 0.1) is 0 Å². The van der Waals surface area contributed by atoms with E-state index in [0.29, 0.717) is 12.6 Å². The third kappa shape index (κ3) is 3.31. The molecule has 1 aliphatic rings. The Hall–Kier alpha value is -1.55. The molecule has 1 unspecified atom stereocenters. The predicted molar refractivity (Wildman–Crippen MR) is 83.0 cm³/mol. The lowest BCUT2D eigenvalue weighted by Gasteiger charge is -2.36. The van der Waals surface area contributed by atoms with Gasteiger partial charge in [0.2, 0.25) is 5.91 Å². The number of aryl methyl sites for hydroxylation is 1. The minimum atomic E-state index is -0.107. The first-order valence-electron chi connectivity index (χ1n) is 7.36. The highest BCUT2D eigenvalue weighted by Crippen LogP contribution is 2.25. The Bertz CT molecular complexity index is 485. The van der Waals surface area contributed by atoms with Crippen LogP contribution in [0.4, 0.5) is 5.69 Å². The molecule has 0 bridgehead atoms. The van der Waals surface area contributed by atoms with Crippen LogP contribution >= 0.6 is 0 Å². The number of benzene rings is 1. The van der Waals surface area contributed by atoms with Gasteiger partial charge < -0.3 is 15.5 Å². The number of nitrogens with one attached hydrogen (secondary N) is 2. The number of rotatable bonds is 4. The van der Waals surface area contributed by atoms with E-state index in [2.05, 4.69) is 54.5 Å². The van der Waals surface area contributed by atoms with Crippen LogP contribution in [0.1, 0.15) is 31.9 Å². The molecule has 0 saturated carbocycles. The van der Waals surface area contributed by atoms with Crippen LogP contribution in [0.25, 0.3) is 0 Å². The van der Waals surface area contributed by atoms with Crippen molar-refractivity contribution in [3.05, 3.63) is 29.3 Å². The first-order chi connectivity index (χ1) is 9.49. The number of carbonyl (C=O) groups excluding carboxylic acids is 1. The molecule has 1 fully saturated rings. The zero-order valence-electron chi connectivity index (χ0n) is 12.9. The maximum absolute atomic E-state index is 11.9. The van der Waals surface area contributed by atoms with E-state index in [-0.39, 0.29) is 11.9 Å². The number of piperazine rings is 1. The largest absolute Gasteiger partial charge is 0.358 e. The lowest BCUT2D eigenvalue weighted by atomic mass is 10.1. The fourth-order valence-corrected chi connectivity index (χ4v) is 2.56. The summed E-state index contributed by atoms with van der Waals surface area (Å²) < 4.78 is 0. The molecular weight excluding hydrogens is 250 g/mol. The highest BCUT2D eigenvalue weighted by molar-refractivity contribution is 5.86. The Morgan fingerprint density at radius 1 is 1.45 bits per heavy atom. The van der Waals surface area contributed by atoms with Crippen LogP contribution in [0.15, 0.2) is 18.2 Å². The molecule has 4 nitrogen and oxygen atoms in total. The van der Waals surface area contributed by atoms with Crippen molar-refractivity contribution in [2.24, 2.45) is 0 Å². The highest BCUT2D eigenvalue weighted by atomic mass is 16.2. The van der Waals surface area contributed by atoms with E-state index in [1.807, 2.05) is 6.92 Å². The van der Waals surface area contributed by atoms with E-state index >= 15 is 0 Å². The summed E-state index contributed by atoms with van der Waals surface area (Å²) in [4.78, 5) is 14.1. The van der Waals surface area contributed by atoms with Gasteiger partial charge in [-0.15, -0.1) is 0 Å². The van der Waals surface area contributed by atoms with Gasteiger partial charge in [0.15, 0.2) is 0 Å². The van der Waals surface area contributed by atoms with Crippen LogP contribution in [0.3, 0.4) is 0 Å². The van der Waals surface area contributed by atoms with Crippen molar-refractivity contribution in [1.82, 2.24) is 10.6 Å². The Labute approximate surface area is 121 Å². The molecule has 1 amide bonds. The summed E-state index contributed by atoms with van der Waals surface area (Å²) in [6, 6.07) is 6.81. The molecule has 1 atom stereocenters. The number of anilines is 1. The Morgan fingerprint density at radius 2 is 2.20 bits per heavy atom. The molecule has 2 rings (SSSR count). The van der Waals surface area contributed by atoms with E-state index in [1.165, 1.54) is 16.8 Å². The number of carbonyl (C=O) groups is 1. The Morgan fingerprint density at radius 3 is 2.90 bits per heavy atom. The molecule has 0 aromatic heterocycles. The monoisotopic (exact) mass is 275 g/mol. The smallest absolute Gasteiger partial charge is 0.242 e. The van der Waals surface area contributed by atoms with Gasteiger partial charge in [0.1, 0.15) is 6.04 Å². The summed E-state index contributed by atoms with van der Waals surface area (Å²) in [5.41, 5.74) is 3.69. The quantitative estimate of drug-likeness (QED) is 0.881. The van der Waals surface area contributed by atoms with Gasteiger partial charge in [-0.2, -0.15) is 0 Å². The van der Waals surface area contributed by atoms with Gasteiger partial charge >= 0.3 is 0 Å². The van der Waals surface area contributed by atoms with Gasteiger partial charge in [-0.25, -0.2) is 0 Å². The summed E-state index contributed by atoms with van der Waals surface area (Å²) in [6.07, 6.45) is 0. The molecule has 0 aliphatic carbocycles. The van der Waals surface area contributed by atoms with E-state index in [0.717, 1.165) is 13.1 Å². The molecule has 110 valence electrons. The topological polar surface area (TPSA) is 44.4 Å². The van der Waals surface area contributed by atoms with Crippen LogP contribution in [0, 0.1) is 6.92 Å². The van der Waals surface area contributed by atoms with E-state index in [9.17, 15) is 4.79 Å². The fourth-order valence-electron chi connectivity index (χ4n) is 2.56. The maximum atomic E-state index is 11.9. The first-order valence-corrected chi connectivity index (χ1v) is 7.36. The Balaban J connectivity index is 2.27. The van der Waals surface area contributed by atoms with E-state index in [4.69, 9.17) is 0 Å². The van der Waals surface area contributed by atoms with Crippen LogP contribution in [0.2, 0.25) is 0 Å². The van der Waals surface area contributed by atoms with Gasteiger partial charge in [-0.1, -0.05) is 31.5 Å². The normalized spacial score (nSPS) is 19.4. The lowest BCUT2D eigenvalue weighted by Crippen LogP contribution is -2.54. The minimum Gasteiger partial charge on any atom is -0.358 e. The molecular formula is C16H25N3O. The zero-order chi connectivity index (χ0) is 14.7. The second-order valence-electron chi connectivity index (χ2n) is 5.83. The first kappa shape index (κ1) is 14.9. The number of hydrogen-bond acceptors (Lipinski definition) is 3. The van der Waals surface area contributed by atoms with Crippen LogP contribution in [-0.2, 0) is 11.3 Å². The van der Waals surface area contributed by atoms with E-state index < -0.39 is 0 Å². The summed E-state index contributed by atoms with van der Waals surface area (Å²) in [5, 5.41) is 6.38. The number of hydrogen-bond donors (Lipinski definition) is 2. The van der Waals surface area contributed by atoms with Crippen molar-refractivity contribution in [2.75, 3.05) is 18.0 Å². The van der Waals surface area contributed by atoms with Crippen molar-refractivity contribution >= 4 is 11.6 Å². The minimum absolute atomic E-state index is 0.107. The average molecular weight is 275 g/mol. The van der Waals surface area contributed by atoms with Crippen molar-refractivity contribution in [3.8, 4) is 0 Å². The molecule has 4 heteroatoms. The summed E-state index contributed by atoms with van der Waals surface area (Å²) >= 11 is 0. The second-order valence-corrected chi connectivity index (χ2v) is 5.83. The molecule has 20 heavy (non-hydrogen) atoms. The molecule has 1 aromatic carbocycles. The second kappa shape index (κ2) is 6.27. The van der Waals surface area contributed by atoms with Crippen molar-refractivity contribution < 1.29 is 4.79 Å². The van der Waals surface area contributed by atoms with Crippen molar-refractivity contribution in [2.45, 2.75) is 46.3 Å². The van der Waals surface area contributed by atoms with Gasteiger partial charge in [0.25, 0.3) is 0 Å². The number of nitrogens with zero attached hydrogens (tertiary/aromatic N) is 1. The molecule has 1 aliphatic heterocycles. The molecule has 1 heterocycles. The van der Waals surface area contributed by atoms with Crippen LogP contribution < -0.4 is 15.5 Å². The van der Waals surface area contributed by atoms with Gasteiger partial charge in [0, 0.05) is 31.4 Å². The molecule has 0 spiro atoms. The van der Waals surface area contributed by atoms with Crippen LogP contribution in [0.5, 0.6) is 0 Å². The standard InChI is InChI=1S/C16H25N3O/c1-11(2)18-10-14-9-12(3)5-6-15(14)19-8-7-17-16(20)13(19)4/h5-6,9,11,13,18H,7-8,10H2,1-4H3,(H,17,20). The molecule has 2 N–H and O–H groups in total. The Kier molecular flexibility index (Phi) is 4.65. The fraction of sp³-hybridized carbons (Fsp3) is 0.562.